The number of rotatable bonds is 4. The number of aryl methyl sites for hydroxylation is 2. The van der Waals surface area contributed by atoms with Crippen LogP contribution in [0.1, 0.15) is 19.0 Å². The molecule has 1 atom stereocenters. The predicted molar refractivity (Wildman–Crippen MR) is 69.3 cm³/mol. The van der Waals surface area contributed by atoms with Gasteiger partial charge >= 0.3 is 0 Å². The monoisotopic (exact) mass is 245 g/mol. The molecular formula is C13H19N5. The molecule has 1 N–H and O–H groups in total. The van der Waals surface area contributed by atoms with Crippen LogP contribution in [0.25, 0.3) is 0 Å². The first kappa shape index (κ1) is 11.5. The Bertz CT molecular complexity index is 493. The summed E-state index contributed by atoms with van der Waals surface area (Å²) in [5.41, 5.74) is 1.57. The number of hydrogen-bond acceptors (Lipinski definition) is 3. The molecule has 0 amide bonds. The molecule has 1 aliphatic heterocycles. The van der Waals surface area contributed by atoms with Crippen molar-refractivity contribution in [2.45, 2.75) is 31.8 Å². The van der Waals surface area contributed by atoms with Gasteiger partial charge in [0.05, 0.1) is 12.7 Å². The lowest BCUT2D eigenvalue weighted by atomic mass is 9.86. The summed E-state index contributed by atoms with van der Waals surface area (Å²) < 4.78 is 4.37. The van der Waals surface area contributed by atoms with E-state index in [4.69, 9.17) is 0 Å². The molecule has 1 saturated heterocycles. The maximum absolute atomic E-state index is 4.32. The first-order valence-corrected chi connectivity index (χ1v) is 6.45. The lowest BCUT2D eigenvalue weighted by molar-refractivity contribution is 0.458. The highest BCUT2D eigenvalue weighted by molar-refractivity contribution is 5.17. The fourth-order valence-electron chi connectivity index (χ4n) is 2.68. The molecule has 0 aromatic carbocycles. The molecule has 3 heterocycles. The van der Waals surface area contributed by atoms with Crippen molar-refractivity contribution in [1.82, 2.24) is 24.4 Å². The maximum atomic E-state index is 4.32. The third-order valence-electron chi connectivity index (χ3n) is 3.86. The number of aromatic nitrogens is 4. The minimum absolute atomic E-state index is 0.228. The zero-order valence-electron chi connectivity index (χ0n) is 10.7. The van der Waals surface area contributed by atoms with E-state index in [9.17, 15) is 0 Å². The Hall–Kier alpha value is -1.62. The SMILES string of the molecule is CC1(c2cncn2CCn2ccnc2)CCNC1. The highest BCUT2D eigenvalue weighted by atomic mass is 15.1. The van der Waals surface area contributed by atoms with Gasteiger partial charge < -0.3 is 14.5 Å². The Morgan fingerprint density at radius 3 is 3.00 bits per heavy atom. The number of nitrogens with one attached hydrogen (secondary N) is 1. The molecule has 18 heavy (non-hydrogen) atoms. The quantitative estimate of drug-likeness (QED) is 0.875. The molecule has 0 saturated carbocycles. The summed E-state index contributed by atoms with van der Waals surface area (Å²) in [6.45, 7) is 6.35. The zero-order valence-corrected chi connectivity index (χ0v) is 10.7. The first-order valence-electron chi connectivity index (χ1n) is 6.45. The molecule has 3 rings (SSSR count). The van der Waals surface area contributed by atoms with E-state index in [-0.39, 0.29) is 5.41 Å². The van der Waals surface area contributed by atoms with Gasteiger partial charge in [0.2, 0.25) is 0 Å². The van der Waals surface area contributed by atoms with Gasteiger partial charge in [-0.1, -0.05) is 6.92 Å². The van der Waals surface area contributed by atoms with Gasteiger partial charge in [-0.05, 0) is 13.0 Å². The van der Waals surface area contributed by atoms with Gasteiger partial charge in [-0.15, -0.1) is 0 Å². The summed E-state index contributed by atoms with van der Waals surface area (Å²) in [6, 6.07) is 0. The van der Waals surface area contributed by atoms with Crippen molar-refractivity contribution in [3.8, 4) is 0 Å². The van der Waals surface area contributed by atoms with Crippen LogP contribution in [-0.4, -0.2) is 32.2 Å². The average Bonchev–Trinajstić information content (AvgIpc) is 3.08. The van der Waals surface area contributed by atoms with Crippen LogP contribution < -0.4 is 5.32 Å². The van der Waals surface area contributed by atoms with Crippen molar-refractivity contribution in [3.63, 3.8) is 0 Å². The smallest absolute Gasteiger partial charge is 0.0948 e. The highest BCUT2D eigenvalue weighted by Gasteiger charge is 2.33. The Morgan fingerprint density at radius 2 is 2.28 bits per heavy atom. The molecule has 1 unspecified atom stereocenters. The van der Waals surface area contributed by atoms with Crippen LogP contribution in [-0.2, 0) is 18.5 Å². The second kappa shape index (κ2) is 4.57. The molecule has 0 aliphatic carbocycles. The van der Waals surface area contributed by atoms with Gasteiger partial charge in [-0.25, -0.2) is 9.97 Å². The molecule has 0 bridgehead atoms. The number of nitrogens with zero attached hydrogens (tertiary/aromatic N) is 4. The second-order valence-corrected chi connectivity index (χ2v) is 5.26. The van der Waals surface area contributed by atoms with Crippen molar-refractivity contribution < 1.29 is 0 Å². The van der Waals surface area contributed by atoms with E-state index in [2.05, 4.69) is 31.3 Å². The molecule has 1 aliphatic rings. The molecule has 2 aromatic rings. The van der Waals surface area contributed by atoms with Gasteiger partial charge in [0.1, 0.15) is 0 Å². The van der Waals surface area contributed by atoms with E-state index in [1.165, 1.54) is 12.1 Å². The van der Waals surface area contributed by atoms with Gasteiger partial charge in [0, 0.05) is 49.3 Å². The Kier molecular flexibility index (Phi) is 2.91. The van der Waals surface area contributed by atoms with E-state index < -0.39 is 0 Å². The van der Waals surface area contributed by atoms with Gasteiger partial charge in [-0.2, -0.15) is 0 Å². The maximum Gasteiger partial charge on any atom is 0.0948 e. The van der Waals surface area contributed by atoms with Crippen LogP contribution in [0.2, 0.25) is 0 Å². The topological polar surface area (TPSA) is 47.7 Å². The third-order valence-corrected chi connectivity index (χ3v) is 3.86. The molecular weight excluding hydrogens is 226 g/mol. The minimum Gasteiger partial charge on any atom is -0.336 e. The van der Waals surface area contributed by atoms with Crippen molar-refractivity contribution in [3.05, 3.63) is 36.9 Å². The Morgan fingerprint density at radius 1 is 1.33 bits per heavy atom. The molecule has 96 valence electrons. The second-order valence-electron chi connectivity index (χ2n) is 5.26. The van der Waals surface area contributed by atoms with E-state index in [1.807, 2.05) is 31.2 Å². The summed E-state index contributed by atoms with van der Waals surface area (Å²) in [4.78, 5) is 8.39. The largest absolute Gasteiger partial charge is 0.336 e. The summed E-state index contributed by atoms with van der Waals surface area (Å²) in [6.07, 6.45) is 10.8. The van der Waals surface area contributed by atoms with E-state index in [0.717, 1.165) is 26.2 Å². The van der Waals surface area contributed by atoms with E-state index in [0.29, 0.717) is 0 Å². The fourth-order valence-corrected chi connectivity index (χ4v) is 2.68. The van der Waals surface area contributed by atoms with Gasteiger partial charge in [0.15, 0.2) is 0 Å². The van der Waals surface area contributed by atoms with Crippen LogP contribution in [0, 0.1) is 0 Å². The van der Waals surface area contributed by atoms with Gasteiger partial charge in [0.25, 0.3) is 0 Å². The molecule has 1 fully saturated rings. The minimum atomic E-state index is 0.228. The van der Waals surface area contributed by atoms with E-state index in [1.54, 1.807) is 0 Å². The zero-order chi connectivity index (χ0) is 12.4. The van der Waals surface area contributed by atoms with Crippen molar-refractivity contribution >= 4 is 0 Å². The predicted octanol–water partition coefficient (Wildman–Crippen LogP) is 1.03. The van der Waals surface area contributed by atoms with Crippen molar-refractivity contribution in [2.24, 2.45) is 0 Å². The lowest BCUT2D eigenvalue weighted by Gasteiger charge is -2.24. The Labute approximate surface area is 107 Å². The van der Waals surface area contributed by atoms with Crippen molar-refractivity contribution in [1.29, 1.82) is 0 Å². The summed E-state index contributed by atoms with van der Waals surface area (Å²) >= 11 is 0. The molecule has 0 radical (unpaired) electrons. The molecule has 0 spiro atoms. The third kappa shape index (κ3) is 2.06. The highest BCUT2D eigenvalue weighted by Crippen LogP contribution is 2.29. The molecule has 2 aromatic heterocycles. The Balaban J connectivity index is 1.75. The lowest BCUT2D eigenvalue weighted by Crippen LogP contribution is -2.28. The summed E-state index contributed by atoms with van der Waals surface area (Å²) in [5.74, 6) is 0. The molecule has 5 nitrogen and oxygen atoms in total. The summed E-state index contributed by atoms with van der Waals surface area (Å²) in [7, 11) is 0. The number of hydrogen-bond donors (Lipinski definition) is 1. The van der Waals surface area contributed by atoms with E-state index >= 15 is 0 Å². The van der Waals surface area contributed by atoms with Crippen LogP contribution in [0.4, 0.5) is 0 Å². The van der Waals surface area contributed by atoms with Gasteiger partial charge in [-0.3, -0.25) is 0 Å². The summed E-state index contributed by atoms with van der Waals surface area (Å²) in [5, 5.41) is 3.44. The fraction of sp³-hybridized carbons (Fsp3) is 0.538. The first-order chi connectivity index (χ1) is 8.78. The van der Waals surface area contributed by atoms with Crippen molar-refractivity contribution in [2.75, 3.05) is 13.1 Å². The van der Waals surface area contributed by atoms with Crippen LogP contribution >= 0.6 is 0 Å². The normalized spacial score (nSPS) is 23.6. The van der Waals surface area contributed by atoms with Crippen LogP contribution in [0.15, 0.2) is 31.2 Å². The van der Waals surface area contributed by atoms with Crippen LogP contribution in [0.5, 0.6) is 0 Å². The number of imidazole rings is 2. The average molecular weight is 245 g/mol. The van der Waals surface area contributed by atoms with Crippen LogP contribution in [0.3, 0.4) is 0 Å². The standard InChI is InChI=1S/C13H19N5/c1-13(2-3-14-9-13)12-8-16-11-18(12)7-6-17-5-4-15-10-17/h4-5,8,10-11,14H,2-3,6-7,9H2,1H3. The molecule has 5 heteroatoms.